The van der Waals surface area contributed by atoms with E-state index in [4.69, 9.17) is 5.73 Å². The zero-order valence-electron chi connectivity index (χ0n) is 13.5. The lowest BCUT2D eigenvalue weighted by Crippen LogP contribution is -2.49. The fourth-order valence-corrected chi connectivity index (χ4v) is 3.88. The summed E-state index contributed by atoms with van der Waals surface area (Å²) >= 11 is 0. The van der Waals surface area contributed by atoms with Crippen LogP contribution in [0.3, 0.4) is 0 Å². The summed E-state index contributed by atoms with van der Waals surface area (Å²) in [6.45, 7) is 9.32. The SMILES string of the molecule is CC(C)CCC(=O)N1CC(CN)CC(C2CC(C)C2)C1. The van der Waals surface area contributed by atoms with Crippen molar-refractivity contribution in [1.29, 1.82) is 0 Å². The fourth-order valence-electron chi connectivity index (χ4n) is 3.88. The van der Waals surface area contributed by atoms with Crippen LogP contribution in [-0.2, 0) is 4.79 Å². The van der Waals surface area contributed by atoms with E-state index >= 15 is 0 Å². The van der Waals surface area contributed by atoms with Gasteiger partial charge in [-0.15, -0.1) is 0 Å². The number of carbonyl (C=O) groups is 1. The number of hydrogen-bond acceptors (Lipinski definition) is 2. The van der Waals surface area contributed by atoms with Crippen LogP contribution in [0.15, 0.2) is 0 Å². The van der Waals surface area contributed by atoms with E-state index in [9.17, 15) is 4.79 Å². The number of amides is 1. The second-order valence-electron chi connectivity index (χ2n) is 7.67. The van der Waals surface area contributed by atoms with Crippen molar-refractivity contribution in [3.05, 3.63) is 0 Å². The van der Waals surface area contributed by atoms with Crippen LogP contribution in [0.5, 0.6) is 0 Å². The second-order valence-corrected chi connectivity index (χ2v) is 7.67. The maximum absolute atomic E-state index is 12.4. The summed E-state index contributed by atoms with van der Waals surface area (Å²) in [4.78, 5) is 14.5. The lowest BCUT2D eigenvalue weighted by Gasteiger charge is -2.46. The van der Waals surface area contributed by atoms with Crippen LogP contribution in [0.2, 0.25) is 0 Å². The van der Waals surface area contributed by atoms with Gasteiger partial charge in [0, 0.05) is 19.5 Å². The van der Waals surface area contributed by atoms with Gasteiger partial charge in [-0.05, 0) is 61.8 Å². The van der Waals surface area contributed by atoms with Crippen LogP contribution in [0.1, 0.15) is 52.9 Å². The Balaban J connectivity index is 1.89. The summed E-state index contributed by atoms with van der Waals surface area (Å²) in [5, 5.41) is 0. The van der Waals surface area contributed by atoms with Crippen molar-refractivity contribution in [1.82, 2.24) is 4.90 Å². The molecule has 1 aliphatic carbocycles. The molecule has 2 atom stereocenters. The molecule has 2 unspecified atom stereocenters. The van der Waals surface area contributed by atoms with Crippen molar-refractivity contribution >= 4 is 5.91 Å². The van der Waals surface area contributed by atoms with E-state index in [-0.39, 0.29) is 0 Å². The molecule has 1 saturated heterocycles. The summed E-state index contributed by atoms with van der Waals surface area (Å²) in [5.74, 6) is 3.93. The van der Waals surface area contributed by atoms with E-state index in [0.717, 1.165) is 37.9 Å². The monoisotopic (exact) mass is 280 g/mol. The molecule has 2 fully saturated rings. The van der Waals surface area contributed by atoms with Crippen LogP contribution < -0.4 is 5.73 Å². The van der Waals surface area contributed by atoms with Gasteiger partial charge in [-0.1, -0.05) is 20.8 Å². The molecule has 1 aliphatic heterocycles. The van der Waals surface area contributed by atoms with Crippen LogP contribution in [-0.4, -0.2) is 30.4 Å². The van der Waals surface area contributed by atoms with E-state index in [0.29, 0.717) is 30.1 Å². The molecule has 0 radical (unpaired) electrons. The second kappa shape index (κ2) is 6.93. The van der Waals surface area contributed by atoms with Gasteiger partial charge in [0.2, 0.25) is 5.91 Å². The Morgan fingerprint density at radius 3 is 2.45 bits per heavy atom. The third-order valence-corrected chi connectivity index (χ3v) is 5.27. The number of nitrogens with two attached hydrogens (primary N) is 1. The maximum Gasteiger partial charge on any atom is 0.222 e. The summed E-state index contributed by atoms with van der Waals surface area (Å²) < 4.78 is 0. The van der Waals surface area contributed by atoms with Gasteiger partial charge in [0.1, 0.15) is 0 Å². The first-order valence-corrected chi connectivity index (χ1v) is 8.47. The molecule has 3 nitrogen and oxygen atoms in total. The van der Waals surface area contributed by atoms with E-state index in [1.54, 1.807) is 0 Å². The Morgan fingerprint density at radius 1 is 1.20 bits per heavy atom. The Kier molecular flexibility index (Phi) is 5.48. The lowest BCUT2D eigenvalue weighted by molar-refractivity contribution is -0.135. The van der Waals surface area contributed by atoms with Gasteiger partial charge in [0.25, 0.3) is 0 Å². The number of nitrogens with zero attached hydrogens (tertiary/aromatic N) is 1. The summed E-state index contributed by atoms with van der Waals surface area (Å²) in [6, 6.07) is 0. The number of piperidine rings is 1. The maximum atomic E-state index is 12.4. The van der Waals surface area contributed by atoms with Gasteiger partial charge in [-0.2, -0.15) is 0 Å². The number of carbonyl (C=O) groups excluding carboxylic acids is 1. The number of rotatable bonds is 5. The highest BCUT2D eigenvalue weighted by atomic mass is 16.2. The molecule has 1 heterocycles. The highest BCUT2D eigenvalue weighted by Gasteiger charge is 2.38. The Bertz CT molecular complexity index is 323. The molecule has 1 amide bonds. The van der Waals surface area contributed by atoms with Crippen LogP contribution in [0.4, 0.5) is 0 Å². The van der Waals surface area contributed by atoms with Crippen LogP contribution in [0.25, 0.3) is 0 Å². The van der Waals surface area contributed by atoms with Gasteiger partial charge >= 0.3 is 0 Å². The average molecular weight is 280 g/mol. The first-order chi connectivity index (χ1) is 9.49. The van der Waals surface area contributed by atoms with Gasteiger partial charge in [-0.3, -0.25) is 4.79 Å². The predicted octanol–water partition coefficient (Wildman–Crippen LogP) is 2.89. The van der Waals surface area contributed by atoms with Crippen molar-refractivity contribution in [3.8, 4) is 0 Å². The molecule has 0 aromatic carbocycles. The van der Waals surface area contributed by atoms with Crippen molar-refractivity contribution in [2.75, 3.05) is 19.6 Å². The molecule has 0 aromatic heterocycles. The summed E-state index contributed by atoms with van der Waals surface area (Å²) in [6.07, 6.45) is 5.67. The zero-order chi connectivity index (χ0) is 14.7. The van der Waals surface area contributed by atoms with Gasteiger partial charge in [0.15, 0.2) is 0 Å². The standard InChI is InChI=1S/C17H32N2O/c1-12(2)4-5-17(20)19-10-14(9-18)8-16(11-19)15-6-13(3)7-15/h12-16H,4-11,18H2,1-3H3. The van der Waals surface area contributed by atoms with Crippen LogP contribution >= 0.6 is 0 Å². The summed E-state index contributed by atoms with van der Waals surface area (Å²) in [5.41, 5.74) is 5.90. The average Bonchev–Trinajstić information content (AvgIpc) is 2.40. The fraction of sp³-hybridized carbons (Fsp3) is 0.941. The molecule has 116 valence electrons. The molecule has 0 bridgehead atoms. The molecule has 3 heteroatoms. The lowest BCUT2D eigenvalue weighted by atomic mass is 9.66. The van der Waals surface area contributed by atoms with Gasteiger partial charge in [-0.25, -0.2) is 0 Å². The topological polar surface area (TPSA) is 46.3 Å². The molecule has 0 spiro atoms. The van der Waals surface area contributed by atoms with Crippen molar-refractivity contribution in [3.63, 3.8) is 0 Å². The number of hydrogen-bond donors (Lipinski definition) is 1. The highest BCUT2D eigenvalue weighted by molar-refractivity contribution is 5.76. The van der Waals surface area contributed by atoms with Gasteiger partial charge < -0.3 is 10.6 Å². The van der Waals surface area contributed by atoms with E-state index in [1.165, 1.54) is 19.3 Å². The third-order valence-electron chi connectivity index (χ3n) is 5.27. The third kappa shape index (κ3) is 3.97. The van der Waals surface area contributed by atoms with Crippen molar-refractivity contribution in [2.24, 2.45) is 35.3 Å². The predicted molar refractivity (Wildman–Crippen MR) is 83.2 cm³/mol. The molecule has 0 aromatic rings. The quantitative estimate of drug-likeness (QED) is 0.841. The molecular formula is C17H32N2O. The number of likely N-dealkylation sites (tertiary alicyclic amines) is 1. The first kappa shape index (κ1) is 15.8. The molecular weight excluding hydrogens is 248 g/mol. The summed E-state index contributed by atoms with van der Waals surface area (Å²) in [7, 11) is 0. The highest BCUT2D eigenvalue weighted by Crippen LogP contribution is 2.42. The van der Waals surface area contributed by atoms with Crippen molar-refractivity contribution < 1.29 is 4.79 Å². The smallest absolute Gasteiger partial charge is 0.222 e. The molecule has 2 rings (SSSR count). The minimum atomic E-state index is 0.356. The van der Waals surface area contributed by atoms with E-state index < -0.39 is 0 Å². The van der Waals surface area contributed by atoms with Crippen molar-refractivity contribution in [2.45, 2.75) is 52.9 Å². The van der Waals surface area contributed by atoms with Crippen LogP contribution in [0, 0.1) is 29.6 Å². The Hall–Kier alpha value is -0.570. The Morgan fingerprint density at radius 2 is 1.90 bits per heavy atom. The molecule has 20 heavy (non-hydrogen) atoms. The van der Waals surface area contributed by atoms with E-state index in [1.807, 2.05) is 0 Å². The minimum absolute atomic E-state index is 0.356. The molecule has 2 N–H and O–H groups in total. The van der Waals surface area contributed by atoms with E-state index in [2.05, 4.69) is 25.7 Å². The minimum Gasteiger partial charge on any atom is -0.342 e. The first-order valence-electron chi connectivity index (χ1n) is 8.47. The normalized spacial score (nSPS) is 34.1. The largest absolute Gasteiger partial charge is 0.342 e. The molecule has 2 aliphatic rings. The van der Waals surface area contributed by atoms with Gasteiger partial charge in [0.05, 0.1) is 0 Å². The molecule has 1 saturated carbocycles. The zero-order valence-corrected chi connectivity index (χ0v) is 13.5. The Labute approximate surface area is 124 Å².